The third-order valence-electron chi connectivity index (χ3n) is 3.30. The highest BCUT2D eigenvalue weighted by Crippen LogP contribution is 2.33. The van der Waals surface area contributed by atoms with Gasteiger partial charge in [0.15, 0.2) is 6.61 Å². The fourth-order valence-corrected chi connectivity index (χ4v) is 2.25. The second-order valence-electron chi connectivity index (χ2n) is 4.67. The summed E-state index contributed by atoms with van der Waals surface area (Å²) in [7, 11) is 0. The van der Waals surface area contributed by atoms with Crippen molar-refractivity contribution in [2.75, 3.05) is 23.8 Å². The smallest absolute Gasteiger partial charge is 0.265 e. The van der Waals surface area contributed by atoms with E-state index in [4.69, 9.17) is 10.5 Å². The lowest BCUT2D eigenvalue weighted by Gasteiger charge is -2.29. The van der Waals surface area contributed by atoms with Crippen LogP contribution in [0.3, 0.4) is 0 Å². The fraction of sp³-hybridized carbons (Fsp3) is 0.200. The van der Waals surface area contributed by atoms with Crippen LogP contribution >= 0.6 is 0 Å². The topological polar surface area (TPSA) is 68.5 Å². The van der Waals surface area contributed by atoms with Crippen molar-refractivity contribution in [3.8, 4) is 5.75 Å². The Morgan fingerprint density at radius 2 is 2.05 bits per heavy atom. The number of aromatic nitrogens is 1. The minimum Gasteiger partial charge on any atom is -0.482 e. The number of nitrogen functional groups attached to an aromatic ring is 1. The molecule has 1 amide bonds. The molecule has 102 valence electrons. The molecular weight excluding hydrogens is 254 g/mol. The van der Waals surface area contributed by atoms with Crippen LogP contribution in [-0.2, 0) is 11.2 Å². The number of pyridine rings is 1. The largest absolute Gasteiger partial charge is 0.482 e. The highest BCUT2D eigenvalue weighted by molar-refractivity contribution is 5.98. The first-order valence-corrected chi connectivity index (χ1v) is 6.45. The van der Waals surface area contributed by atoms with Crippen molar-refractivity contribution in [3.63, 3.8) is 0 Å². The quantitative estimate of drug-likeness (QED) is 0.860. The van der Waals surface area contributed by atoms with Gasteiger partial charge in [-0.05, 0) is 42.3 Å². The number of rotatable bonds is 3. The lowest BCUT2D eigenvalue weighted by atomic mass is 10.1. The molecule has 2 heterocycles. The Kier molecular flexibility index (Phi) is 3.25. The maximum Gasteiger partial charge on any atom is 0.265 e. The normalized spacial score (nSPS) is 13.8. The number of nitrogens with zero attached hydrogens (tertiary/aromatic N) is 2. The van der Waals surface area contributed by atoms with Crippen molar-refractivity contribution in [2.45, 2.75) is 6.42 Å². The number of anilines is 2. The van der Waals surface area contributed by atoms with Crippen LogP contribution in [0, 0.1) is 0 Å². The molecular formula is C15H15N3O2. The Bertz CT molecular complexity index is 628. The first kappa shape index (κ1) is 12.5. The molecule has 1 aromatic carbocycles. The molecule has 20 heavy (non-hydrogen) atoms. The first-order chi connectivity index (χ1) is 9.74. The van der Waals surface area contributed by atoms with Gasteiger partial charge in [0.25, 0.3) is 5.91 Å². The molecule has 2 aromatic rings. The zero-order valence-electron chi connectivity index (χ0n) is 11.0. The summed E-state index contributed by atoms with van der Waals surface area (Å²) in [6.45, 7) is 0.677. The van der Waals surface area contributed by atoms with Gasteiger partial charge in [0, 0.05) is 24.6 Å². The number of benzene rings is 1. The Labute approximate surface area is 117 Å². The molecule has 0 unspecified atom stereocenters. The van der Waals surface area contributed by atoms with Crippen molar-refractivity contribution in [2.24, 2.45) is 0 Å². The highest BCUT2D eigenvalue weighted by atomic mass is 16.5. The third-order valence-corrected chi connectivity index (χ3v) is 3.30. The second-order valence-corrected chi connectivity index (χ2v) is 4.67. The van der Waals surface area contributed by atoms with Crippen LogP contribution < -0.4 is 15.4 Å². The van der Waals surface area contributed by atoms with E-state index in [9.17, 15) is 4.79 Å². The van der Waals surface area contributed by atoms with Crippen LogP contribution in [0.2, 0.25) is 0 Å². The molecule has 0 radical (unpaired) electrons. The SMILES string of the molecule is Nc1ccc2c(c1)N(CCc1ccncc1)C(=O)CO2. The van der Waals surface area contributed by atoms with E-state index in [0.29, 0.717) is 18.0 Å². The van der Waals surface area contributed by atoms with Gasteiger partial charge in [-0.15, -0.1) is 0 Å². The Hall–Kier alpha value is -2.56. The van der Waals surface area contributed by atoms with E-state index in [-0.39, 0.29) is 12.5 Å². The standard InChI is InChI=1S/C15H15N3O2/c16-12-1-2-14-13(9-12)18(15(19)10-20-14)8-5-11-3-6-17-7-4-11/h1-4,6-7,9H,5,8,10,16H2. The van der Waals surface area contributed by atoms with E-state index < -0.39 is 0 Å². The molecule has 0 aliphatic carbocycles. The van der Waals surface area contributed by atoms with E-state index in [1.807, 2.05) is 12.1 Å². The molecule has 3 rings (SSSR count). The van der Waals surface area contributed by atoms with Crippen LogP contribution in [0.1, 0.15) is 5.56 Å². The summed E-state index contributed by atoms with van der Waals surface area (Å²) in [6, 6.07) is 9.25. The van der Waals surface area contributed by atoms with Gasteiger partial charge in [-0.3, -0.25) is 9.78 Å². The Morgan fingerprint density at radius 3 is 2.85 bits per heavy atom. The van der Waals surface area contributed by atoms with Gasteiger partial charge in [-0.1, -0.05) is 0 Å². The van der Waals surface area contributed by atoms with Crippen molar-refractivity contribution < 1.29 is 9.53 Å². The zero-order chi connectivity index (χ0) is 13.9. The van der Waals surface area contributed by atoms with Crippen molar-refractivity contribution in [1.29, 1.82) is 0 Å². The summed E-state index contributed by atoms with van der Waals surface area (Å²) in [5, 5.41) is 0. The summed E-state index contributed by atoms with van der Waals surface area (Å²) in [4.78, 5) is 17.8. The lowest BCUT2D eigenvalue weighted by molar-refractivity contribution is -0.121. The van der Waals surface area contributed by atoms with Crippen LogP contribution in [0.5, 0.6) is 5.75 Å². The maximum atomic E-state index is 12.0. The average Bonchev–Trinajstić information content (AvgIpc) is 2.47. The molecule has 2 N–H and O–H groups in total. The average molecular weight is 269 g/mol. The number of hydrogen-bond donors (Lipinski definition) is 1. The summed E-state index contributed by atoms with van der Waals surface area (Å²) >= 11 is 0. The van der Waals surface area contributed by atoms with Gasteiger partial charge in [0.2, 0.25) is 0 Å². The molecule has 1 aromatic heterocycles. The summed E-state index contributed by atoms with van der Waals surface area (Å²) < 4.78 is 5.42. The highest BCUT2D eigenvalue weighted by Gasteiger charge is 2.25. The molecule has 5 heteroatoms. The minimum absolute atomic E-state index is 0.0443. The molecule has 0 saturated carbocycles. The van der Waals surface area contributed by atoms with Crippen molar-refractivity contribution >= 4 is 17.3 Å². The lowest BCUT2D eigenvalue weighted by Crippen LogP contribution is -2.40. The number of ether oxygens (including phenoxy) is 1. The first-order valence-electron chi connectivity index (χ1n) is 6.45. The summed E-state index contributed by atoms with van der Waals surface area (Å²) in [5.74, 6) is 0.658. The molecule has 1 aliphatic heterocycles. The number of hydrogen-bond acceptors (Lipinski definition) is 4. The molecule has 0 fully saturated rings. The number of nitrogens with two attached hydrogens (primary N) is 1. The van der Waals surface area contributed by atoms with Crippen LogP contribution in [-0.4, -0.2) is 24.0 Å². The molecule has 0 saturated heterocycles. The van der Waals surface area contributed by atoms with E-state index in [1.165, 1.54) is 0 Å². The molecule has 0 atom stereocenters. The number of carbonyl (C=O) groups is 1. The van der Waals surface area contributed by atoms with Crippen LogP contribution in [0.15, 0.2) is 42.7 Å². The van der Waals surface area contributed by atoms with Gasteiger partial charge in [-0.25, -0.2) is 0 Å². The Morgan fingerprint density at radius 1 is 1.25 bits per heavy atom. The van der Waals surface area contributed by atoms with Gasteiger partial charge in [0.05, 0.1) is 5.69 Å². The van der Waals surface area contributed by atoms with E-state index in [2.05, 4.69) is 4.98 Å². The van der Waals surface area contributed by atoms with E-state index >= 15 is 0 Å². The Balaban J connectivity index is 1.82. The molecule has 1 aliphatic rings. The predicted molar refractivity (Wildman–Crippen MR) is 76.6 cm³/mol. The maximum absolute atomic E-state index is 12.0. The minimum atomic E-state index is -0.0443. The summed E-state index contributed by atoms with van der Waals surface area (Å²) in [5.41, 5.74) is 8.31. The van der Waals surface area contributed by atoms with Gasteiger partial charge in [-0.2, -0.15) is 0 Å². The van der Waals surface area contributed by atoms with E-state index in [1.54, 1.807) is 35.5 Å². The fourth-order valence-electron chi connectivity index (χ4n) is 2.25. The number of amides is 1. The second kappa shape index (κ2) is 5.21. The van der Waals surface area contributed by atoms with Crippen LogP contribution in [0.25, 0.3) is 0 Å². The third kappa shape index (κ3) is 2.42. The number of fused-ring (bicyclic) bond motifs is 1. The zero-order valence-corrected chi connectivity index (χ0v) is 11.0. The van der Waals surface area contributed by atoms with Gasteiger partial charge >= 0.3 is 0 Å². The number of carbonyl (C=O) groups excluding carboxylic acids is 1. The van der Waals surface area contributed by atoms with E-state index in [0.717, 1.165) is 17.7 Å². The monoisotopic (exact) mass is 269 g/mol. The molecule has 0 bridgehead atoms. The van der Waals surface area contributed by atoms with Gasteiger partial charge < -0.3 is 15.4 Å². The molecule has 0 spiro atoms. The van der Waals surface area contributed by atoms with Crippen LogP contribution in [0.4, 0.5) is 11.4 Å². The van der Waals surface area contributed by atoms with Gasteiger partial charge in [0.1, 0.15) is 5.75 Å². The summed E-state index contributed by atoms with van der Waals surface area (Å²) in [6.07, 6.45) is 4.27. The van der Waals surface area contributed by atoms with Crippen molar-refractivity contribution in [1.82, 2.24) is 4.98 Å². The van der Waals surface area contributed by atoms with Crippen molar-refractivity contribution in [3.05, 3.63) is 48.3 Å². The predicted octanol–water partition coefficient (Wildman–Crippen LogP) is 1.63. The molecule has 5 nitrogen and oxygen atoms in total.